The topological polar surface area (TPSA) is 86.5 Å². The Morgan fingerprint density at radius 3 is 2.73 bits per heavy atom. The van der Waals surface area contributed by atoms with Crippen LogP contribution < -0.4 is 20.5 Å². The number of hydrogen-bond acceptors (Lipinski definition) is 6. The Morgan fingerprint density at radius 2 is 2.04 bits per heavy atom. The number of carbonyl (C=O) groups is 1. The van der Waals surface area contributed by atoms with Gasteiger partial charge in [-0.15, -0.1) is 11.3 Å². The van der Waals surface area contributed by atoms with Crippen molar-refractivity contribution in [1.82, 2.24) is 4.98 Å². The quantitative estimate of drug-likeness (QED) is 0.631. The highest BCUT2D eigenvalue weighted by molar-refractivity contribution is 7.13. The van der Waals surface area contributed by atoms with Gasteiger partial charge in [0.05, 0.1) is 18.4 Å². The summed E-state index contributed by atoms with van der Waals surface area (Å²) in [4.78, 5) is 16.0. The zero-order valence-corrected chi connectivity index (χ0v) is 15.4. The van der Waals surface area contributed by atoms with Gasteiger partial charge in [0, 0.05) is 16.1 Å². The SMILES string of the molecule is COc1ccc(Nc2nc(COc3ccc(Cl)cc3C(N)=O)cs2)cc1. The van der Waals surface area contributed by atoms with E-state index in [0.717, 1.165) is 22.3 Å². The number of anilines is 2. The number of rotatable bonds is 7. The first kappa shape index (κ1) is 18.0. The second kappa shape index (κ2) is 8.07. The van der Waals surface area contributed by atoms with Crippen molar-refractivity contribution in [2.75, 3.05) is 12.4 Å². The first-order valence-corrected chi connectivity index (χ1v) is 8.88. The third-order valence-corrected chi connectivity index (χ3v) is 4.52. The number of nitrogens with two attached hydrogens (primary N) is 1. The van der Waals surface area contributed by atoms with Crippen LogP contribution in [0.2, 0.25) is 5.02 Å². The van der Waals surface area contributed by atoms with Crippen molar-refractivity contribution in [3.05, 3.63) is 64.1 Å². The van der Waals surface area contributed by atoms with Gasteiger partial charge in [0.25, 0.3) is 5.91 Å². The molecule has 0 fully saturated rings. The van der Waals surface area contributed by atoms with Crippen LogP contribution in [-0.4, -0.2) is 18.0 Å². The number of thiazole rings is 1. The molecule has 2 aromatic carbocycles. The Kier molecular flexibility index (Phi) is 5.60. The molecule has 1 heterocycles. The minimum Gasteiger partial charge on any atom is -0.497 e. The zero-order valence-electron chi connectivity index (χ0n) is 13.9. The van der Waals surface area contributed by atoms with Crippen LogP contribution in [0.1, 0.15) is 16.1 Å². The van der Waals surface area contributed by atoms with E-state index in [2.05, 4.69) is 10.3 Å². The molecule has 0 spiro atoms. The van der Waals surface area contributed by atoms with Crippen molar-refractivity contribution in [2.45, 2.75) is 6.61 Å². The molecular formula is C18H16ClN3O3S. The zero-order chi connectivity index (χ0) is 18.5. The van der Waals surface area contributed by atoms with Crippen molar-refractivity contribution >= 4 is 39.7 Å². The lowest BCUT2D eigenvalue weighted by Gasteiger charge is -2.08. The maximum atomic E-state index is 11.5. The average molecular weight is 390 g/mol. The summed E-state index contributed by atoms with van der Waals surface area (Å²) < 4.78 is 10.8. The van der Waals surface area contributed by atoms with E-state index in [1.54, 1.807) is 19.2 Å². The van der Waals surface area contributed by atoms with Crippen molar-refractivity contribution < 1.29 is 14.3 Å². The molecule has 0 aliphatic rings. The lowest BCUT2D eigenvalue weighted by Crippen LogP contribution is -2.13. The van der Waals surface area contributed by atoms with Gasteiger partial charge >= 0.3 is 0 Å². The van der Waals surface area contributed by atoms with E-state index < -0.39 is 5.91 Å². The highest BCUT2D eigenvalue weighted by atomic mass is 35.5. The molecule has 134 valence electrons. The van der Waals surface area contributed by atoms with Gasteiger partial charge in [-0.3, -0.25) is 4.79 Å². The molecule has 0 aliphatic heterocycles. The van der Waals surface area contributed by atoms with Gasteiger partial charge in [0.1, 0.15) is 18.1 Å². The molecule has 8 heteroatoms. The summed E-state index contributed by atoms with van der Waals surface area (Å²) in [6, 6.07) is 12.3. The number of nitrogens with zero attached hydrogens (tertiary/aromatic N) is 1. The van der Waals surface area contributed by atoms with E-state index in [9.17, 15) is 4.79 Å². The van der Waals surface area contributed by atoms with Gasteiger partial charge in [0.2, 0.25) is 0 Å². The largest absolute Gasteiger partial charge is 0.497 e. The number of amides is 1. The predicted octanol–water partition coefficient (Wildman–Crippen LogP) is 4.23. The Hall–Kier alpha value is -2.77. The van der Waals surface area contributed by atoms with Crippen LogP contribution >= 0.6 is 22.9 Å². The van der Waals surface area contributed by atoms with E-state index in [4.69, 9.17) is 26.8 Å². The van der Waals surface area contributed by atoms with Crippen molar-refractivity contribution in [1.29, 1.82) is 0 Å². The van der Waals surface area contributed by atoms with Crippen LogP contribution in [0.4, 0.5) is 10.8 Å². The normalized spacial score (nSPS) is 10.4. The molecule has 1 amide bonds. The Labute approximate surface area is 159 Å². The highest BCUT2D eigenvalue weighted by Crippen LogP contribution is 2.26. The third-order valence-electron chi connectivity index (χ3n) is 3.48. The van der Waals surface area contributed by atoms with E-state index >= 15 is 0 Å². The predicted molar refractivity (Wildman–Crippen MR) is 103 cm³/mol. The molecule has 3 N–H and O–H groups in total. The summed E-state index contributed by atoms with van der Waals surface area (Å²) >= 11 is 7.34. The van der Waals surface area contributed by atoms with Gasteiger partial charge in [-0.2, -0.15) is 0 Å². The highest BCUT2D eigenvalue weighted by Gasteiger charge is 2.11. The number of ether oxygens (including phenoxy) is 2. The maximum absolute atomic E-state index is 11.5. The number of nitrogens with one attached hydrogen (secondary N) is 1. The van der Waals surface area contributed by atoms with Crippen LogP contribution in [0.5, 0.6) is 11.5 Å². The molecule has 0 unspecified atom stereocenters. The van der Waals surface area contributed by atoms with Crippen molar-refractivity contribution in [3.63, 3.8) is 0 Å². The first-order valence-electron chi connectivity index (χ1n) is 7.63. The fraction of sp³-hybridized carbons (Fsp3) is 0.111. The molecule has 26 heavy (non-hydrogen) atoms. The minimum atomic E-state index is -0.595. The number of carbonyl (C=O) groups excluding carboxylic acids is 1. The molecule has 0 atom stereocenters. The number of primary amides is 1. The van der Waals surface area contributed by atoms with Crippen molar-refractivity contribution in [2.24, 2.45) is 5.73 Å². The summed E-state index contributed by atoms with van der Waals surface area (Å²) in [5.41, 5.74) is 7.23. The number of benzene rings is 2. The second-order valence-electron chi connectivity index (χ2n) is 5.29. The van der Waals surface area contributed by atoms with Gasteiger partial charge in [-0.05, 0) is 42.5 Å². The van der Waals surface area contributed by atoms with Crippen LogP contribution in [0, 0.1) is 0 Å². The van der Waals surface area contributed by atoms with Gasteiger partial charge in [0.15, 0.2) is 5.13 Å². The monoisotopic (exact) mass is 389 g/mol. The lowest BCUT2D eigenvalue weighted by molar-refractivity contribution is 0.0996. The summed E-state index contributed by atoms with van der Waals surface area (Å²) in [7, 11) is 1.62. The molecule has 3 aromatic rings. The summed E-state index contributed by atoms with van der Waals surface area (Å²) in [5, 5.41) is 6.25. The van der Waals surface area contributed by atoms with Crippen LogP contribution in [0.3, 0.4) is 0 Å². The van der Waals surface area contributed by atoms with Crippen LogP contribution in [0.15, 0.2) is 47.8 Å². The second-order valence-corrected chi connectivity index (χ2v) is 6.59. The molecule has 0 aliphatic carbocycles. The van der Waals surface area contributed by atoms with Crippen LogP contribution in [0.25, 0.3) is 0 Å². The van der Waals surface area contributed by atoms with E-state index in [-0.39, 0.29) is 12.2 Å². The summed E-state index contributed by atoms with van der Waals surface area (Å²) in [5.74, 6) is 0.569. The minimum absolute atomic E-state index is 0.211. The van der Waals surface area contributed by atoms with Crippen molar-refractivity contribution in [3.8, 4) is 11.5 Å². The molecule has 1 aromatic heterocycles. The average Bonchev–Trinajstić information content (AvgIpc) is 3.08. The summed E-state index contributed by atoms with van der Waals surface area (Å²) in [6.45, 7) is 0.211. The van der Waals surface area contributed by atoms with E-state index in [1.807, 2.05) is 29.6 Å². The Morgan fingerprint density at radius 1 is 1.27 bits per heavy atom. The molecule has 0 bridgehead atoms. The fourth-order valence-electron chi connectivity index (χ4n) is 2.20. The smallest absolute Gasteiger partial charge is 0.252 e. The van der Waals surface area contributed by atoms with E-state index in [1.165, 1.54) is 17.4 Å². The molecule has 0 radical (unpaired) electrons. The maximum Gasteiger partial charge on any atom is 0.252 e. The number of hydrogen-bond donors (Lipinski definition) is 2. The van der Waals surface area contributed by atoms with E-state index in [0.29, 0.717) is 10.8 Å². The first-order chi connectivity index (χ1) is 12.5. The van der Waals surface area contributed by atoms with Crippen LogP contribution in [-0.2, 0) is 6.61 Å². The molecular weight excluding hydrogens is 374 g/mol. The van der Waals surface area contributed by atoms with Gasteiger partial charge in [-0.25, -0.2) is 4.98 Å². The van der Waals surface area contributed by atoms with Gasteiger partial charge in [-0.1, -0.05) is 11.6 Å². The number of halogens is 1. The molecule has 0 saturated heterocycles. The number of methoxy groups -OCH3 is 1. The summed E-state index contributed by atoms with van der Waals surface area (Å²) in [6.07, 6.45) is 0. The molecule has 3 rings (SSSR count). The lowest BCUT2D eigenvalue weighted by atomic mass is 10.2. The number of aromatic nitrogens is 1. The third kappa shape index (κ3) is 4.44. The Balaban J connectivity index is 1.64. The standard InChI is InChI=1S/C18H16ClN3O3S/c1-24-14-5-3-12(4-6-14)21-18-22-13(10-26-18)9-25-16-7-2-11(19)8-15(16)17(20)23/h2-8,10H,9H2,1H3,(H2,20,23)(H,21,22). The Bertz CT molecular complexity index is 912. The molecule has 6 nitrogen and oxygen atoms in total. The fourth-order valence-corrected chi connectivity index (χ4v) is 3.09. The molecule has 0 saturated carbocycles. The van der Waals surface area contributed by atoms with Gasteiger partial charge < -0.3 is 20.5 Å².